The quantitative estimate of drug-likeness (QED) is 0.521. The van der Waals surface area contributed by atoms with Gasteiger partial charge in [0.05, 0.1) is 6.04 Å². The first kappa shape index (κ1) is 19.0. The standard InChI is InChI=1S/C23H21N5O3/c29-22(21-26-23-24-11-4-12-28(23)27-21)25-18(9-7-16-5-2-1-3-6-16)17-8-10-19-20(15-17)31-14-13-30-19/h1-6,8,10-12,15,18H,7,9,13-14H2,(H,25,29)/t18-/m1/s1. The molecule has 0 aliphatic carbocycles. The lowest BCUT2D eigenvalue weighted by atomic mass is 9.98. The number of carbonyl (C=O) groups is 1. The fourth-order valence-corrected chi connectivity index (χ4v) is 3.61. The van der Waals surface area contributed by atoms with E-state index in [0.717, 1.165) is 17.7 Å². The third-order valence-corrected chi connectivity index (χ3v) is 5.16. The number of nitrogens with one attached hydrogen (secondary N) is 1. The summed E-state index contributed by atoms with van der Waals surface area (Å²) in [4.78, 5) is 21.3. The van der Waals surface area contributed by atoms with Crippen molar-refractivity contribution < 1.29 is 14.3 Å². The summed E-state index contributed by atoms with van der Waals surface area (Å²) in [6.07, 6.45) is 4.84. The summed E-state index contributed by atoms with van der Waals surface area (Å²) in [5, 5.41) is 7.32. The highest BCUT2D eigenvalue weighted by molar-refractivity contribution is 5.91. The molecule has 2 aromatic carbocycles. The second kappa shape index (κ2) is 8.43. The van der Waals surface area contributed by atoms with Crippen molar-refractivity contribution in [1.82, 2.24) is 24.9 Å². The first-order chi connectivity index (χ1) is 15.3. The van der Waals surface area contributed by atoms with E-state index in [-0.39, 0.29) is 17.8 Å². The van der Waals surface area contributed by atoms with Gasteiger partial charge in [0, 0.05) is 12.4 Å². The van der Waals surface area contributed by atoms with Gasteiger partial charge in [0.25, 0.3) is 11.7 Å². The van der Waals surface area contributed by atoms with Gasteiger partial charge in [0.15, 0.2) is 11.5 Å². The largest absolute Gasteiger partial charge is 0.486 e. The third-order valence-electron chi connectivity index (χ3n) is 5.16. The molecule has 8 nitrogen and oxygen atoms in total. The van der Waals surface area contributed by atoms with Crippen LogP contribution in [0.3, 0.4) is 0 Å². The van der Waals surface area contributed by atoms with Gasteiger partial charge in [-0.3, -0.25) is 4.79 Å². The van der Waals surface area contributed by atoms with Crippen molar-refractivity contribution in [2.24, 2.45) is 0 Å². The Labute approximate surface area is 178 Å². The van der Waals surface area contributed by atoms with Crippen LogP contribution in [0.1, 0.15) is 34.2 Å². The third kappa shape index (κ3) is 4.18. The van der Waals surface area contributed by atoms with Crippen LogP contribution in [-0.4, -0.2) is 38.7 Å². The molecule has 5 rings (SSSR count). The minimum absolute atomic E-state index is 0.0842. The Morgan fingerprint density at radius 2 is 1.90 bits per heavy atom. The minimum atomic E-state index is -0.349. The van der Waals surface area contributed by atoms with Crippen molar-refractivity contribution in [3.05, 3.63) is 83.9 Å². The maximum atomic E-state index is 13.0. The summed E-state index contributed by atoms with van der Waals surface area (Å²) in [5.74, 6) is 1.53. The van der Waals surface area contributed by atoms with E-state index in [9.17, 15) is 4.79 Å². The van der Waals surface area contributed by atoms with Crippen LogP contribution in [0, 0.1) is 0 Å². The lowest BCUT2D eigenvalue weighted by molar-refractivity contribution is 0.0924. The molecule has 1 aliphatic rings. The van der Waals surface area contributed by atoms with Gasteiger partial charge in [-0.2, -0.15) is 4.98 Å². The molecular formula is C23H21N5O3. The van der Waals surface area contributed by atoms with Gasteiger partial charge >= 0.3 is 0 Å². The molecule has 8 heteroatoms. The van der Waals surface area contributed by atoms with Gasteiger partial charge in [-0.25, -0.2) is 9.50 Å². The number of aromatic nitrogens is 4. The number of ether oxygens (including phenoxy) is 2. The van der Waals surface area contributed by atoms with Gasteiger partial charge in [-0.15, -0.1) is 5.10 Å². The second-order valence-electron chi connectivity index (χ2n) is 7.25. The van der Waals surface area contributed by atoms with Crippen LogP contribution in [0.5, 0.6) is 11.5 Å². The van der Waals surface area contributed by atoms with Crippen LogP contribution in [-0.2, 0) is 6.42 Å². The second-order valence-corrected chi connectivity index (χ2v) is 7.25. The molecule has 1 amide bonds. The number of hydrogen-bond donors (Lipinski definition) is 1. The van der Waals surface area contributed by atoms with Gasteiger partial charge < -0.3 is 14.8 Å². The van der Waals surface area contributed by atoms with Gasteiger partial charge in [0.1, 0.15) is 13.2 Å². The van der Waals surface area contributed by atoms with Gasteiger partial charge in [-0.05, 0) is 42.2 Å². The highest BCUT2D eigenvalue weighted by Crippen LogP contribution is 2.33. The van der Waals surface area contributed by atoms with E-state index in [1.54, 1.807) is 18.5 Å². The Morgan fingerprint density at radius 3 is 2.74 bits per heavy atom. The van der Waals surface area contributed by atoms with Crippen LogP contribution in [0.2, 0.25) is 0 Å². The monoisotopic (exact) mass is 415 g/mol. The molecule has 1 atom stereocenters. The minimum Gasteiger partial charge on any atom is -0.486 e. The Balaban J connectivity index is 1.40. The number of hydrogen-bond acceptors (Lipinski definition) is 6. The highest BCUT2D eigenvalue weighted by Gasteiger charge is 2.22. The molecule has 4 aromatic rings. The Morgan fingerprint density at radius 1 is 1.06 bits per heavy atom. The summed E-state index contributed by atoms with van der Waals surface area (Å²) in [7, 11) is 0. The van der Waals surface area contributed by atoms with Crippen LogP contribution in [0.25, 0.3) is 5.78 Å². The fraction of sp³-hybridized carbons (Fsp3) is 0.217. The number of amides is 1. The molecule has 0 bridgehead atoms. The molecule has 2 aromatic heterocycles. The lowest BCUT2D eigenvalue weighted by Gasteiger charge is -2.23. The summed E-state index contributed by atoms with van der Waals surface area (Å²) in [6, 6.07) is 17.5. The normalized spacial score (nSPS) is 13.7. The maximum absolute atomic E-state index is 13.0. The van der Waals surface area contributed by atoms with Gasteiger partial charge in [-0.1, -0.05) is 36.4 Å². The molecular weight excluding hydrogens is 394 g/mol. The van der Waals surface area contributed by atoms with Crippen molar-refractivity contribution >= 4 is 11.7 Å². The van der Waals surface area contributed by atoms with E-state index in [4.69, 9.17) is 9.47 Å². The number of carbonyl (C=O) groups excluding carboxylic acids is 1. The van der Waals surface area contributed by atoms with Crippen molar-refractivity contribution in [1.29, 1.82) is 0 Å². The lowest BCUT2D eigenvalue weighted by Crippen LogP contribution is -2.30. The molecule has 31 heavy (non-hydrogen) atoms. The molecule has 156 valence electrons. The number of fused-ring (bicyclic) bond motifs is 2. The van der Waals surface area contributed by atoms with Crippen LogP contribution < -0.4 is 14.8 Å². The molecule has 0 saturated heterocycles. The molecule has 0 spiro atoms. The van der Waals surface area contributed by atoms with E-state index < -0.39 is 0 Å². The molecule has 1 aliphatic heterocycles. The predicted molar refractivity (Wildman–Crippen MR) is 113 cm³/mol. The van der Waals surface area contributed by atoms with Crippen molar-refractivity contribution in [2.75, 3.05) is 13.2 Å². The zero-order valence-electron chi connectivity index (χ0n) is 16.8. The van der Waals surface area contributed by atoms with Crippen molar-refractivity contribution in [3.63, 3.8) is 0 Å². The molecule has 0 unspecified atom stereocenters. The van der Waals surface area contributed by atoms with Gasteiger partial charge in [0.2, 0.25) is 5.82 Å². The number of nitrogens with zero attached hydrogens (tertiary/aromatic N) is 4. The number of aryl methyl sites for hydroxylation is 1. The first-order valence-corrected chi connectivity index (χ1v) is 10.2. The predicted octanol–water partition coefficient (Wildman–Crippen LogP) is 3.00. The zero-order valence-corrected chi connectivity index (χ0v) is 16.8. The van der Waals surface area contributed by atoms with Crippen molar-refractivity contribution in [2.45, 2.75) is 18.9 Å². The molecule has 0 radical (unpaired) electrons. The Kier molecular flexibility index (Phi) is 5.18. The summed E-state index contributed by atoms with van der Waals surface area (Å²) >= 11 is 0. The van der Waals surface area contributed by atoms with Crippen LogP contribution in [0.4, 0.5) is 0 Å². The summed E-state index contributed by atoms with van der Waals surface area (Å²) < 4.78 is 12.8. The Hall–Kier alpha value is -3.94. The maximum Gasteiger partial charge on any atom is 0.291 e. The van der Waals surface area contributed by atoms with Crippen molar-refractivity contribution in [3.8, 4) is 11.5 Å². The molecule has 0 fully saturated rings. The van der Waals surface area contributed by atoms with E-state index in [1.165, 1.54) is 10.1 Å². The fourth-order valence-electron chi connectivity index (χ4n) is 3.61. The topological polar surface area (TPSA) is 90.6 Å². The van der Waals surface area contributed by atoms with Crippen LogP contribution >= 0.6 is 0 Å². The Bertz CT molecular complexity index is 1180. The molecule has 3 heterocycles. The van der Waals surface area contributed by atoms with E-state index in [1.807, 2.05) is 36.4 Å². The van der Waals surface area contributed by atoms with Crippen LogP contribution in [0.15, 0.2) is 67.0 Å². The molecule has 1 N–H and O–H groups in total. The molecule has 0 saturated carbocycles. The number of benzene rings is 2. The van der Waals surface area contributed by atoms with E-state index >= 15 is 0 Å². The summed E-state index contributed by atoms with van der Waals surface area (Å²) in [6.45, 7) is 1.05. The van der Waals surface area contributed by atoms with E-state index in [0.29, 0.717) is 31.2 Å². The first-order valence-electron chi connectivity index (χ1n) is 10.2. The smallest absolute Gasteiger partial charge is 0.291 e. The van der Waals surface area contributed by atoms with E-state index in [2.05, 4.69) is 32.5 Å². The average molecular weight is 415 g/mol. The summed E-state index contributed by atoms with van der Waals surface area (Å²) in [5.41, 5.74) is 2.14. The average Bonchev–Trinajstić information content (AvgIpc) is 3.26. The SMILES string of the molecule is O=C(N[C@H](CCc1ccccc1)c1ccc2c(c1)OCCO2)c1nc2ncccn2n1. The zero-order chi connectivity index (χ0) is 21.0. The highest BCUT2D eigenvalue weighted by atomic mass is 16.6. The number of rotatable bonds is 6.